The second-order valence-electron chi connectivity index (χ2n) is 4.07. The van der Waals surface area contributed by atoms with Crippen molar-refractivity contribution in [2.75, 3.05) is 13.1 Å². The van der Waals surface area contributed by atoms with E-state index in [1.54, 1.807) is 13.8 Å². The number of nitrogens with one attached hydrogen (secondary N) is 1. The molecular weight excluding hydrogens is 263 g/mol. The number of carbonyl (C=O) groups is 1. The zero-order valence-corrected chi connectivity index (χ0v) is 10.7. The van der Waals surface area contributed by atoms with Gasteiger partial charge in [0.25, 0.3) is 5.91 Å². The third kappa shape index (κ3) is 4.56. The number of amides is 1. The quantitative estimate of drug-likeness (QED) is 0.487. The van der Waals surface area contributed by atoms with Gasteiger partial charge in [-0.05, 0) is 19.5 Å². The topological polar surface area (TPSA) is 71.5 Å². The predicted molar refractivity (Wildman–Crippen MR) is 62.1 cm³/mol. The molecule has 0 aliphatic carbocycles. The van der Waals surface area contributed by atoms with Crippen LogP contribution >= 0.6 is 0 Å². The van der Waals surface area contributed by atoms with Gasteiger partial charge in [-0.3, -0.25) is 15.1 Å². The van der Waals surface area contributed by atoms with Crippen LogP contribution in [0.5, 0.6) is 0 Å². The van der Waals surface area contributed by atoms with Crippen molar-refractivity contribution in [2.45, 2.75) is 26.6 Å². The maximum atomic E-state index is 12.3. The molecule has 0 unspecified atom stereocenters. The predicted octanol–water partition coefficient (Wildman–Crippen LogP) is 1.58. The molecule has 5 nitrogen and oxygen atoms in total. The summed E-state index contributed by atoms with van der Waals surface area (Å²) >= 11 is 0. The molecule has 1 aromatic rings. The summed E-state index contributed by atoms with van der Waals surface area (Å²) in [5.41, 5.74) is 2.17. The Labute approximate surface area is 108 Å². The maximum Gasteiger partial charge on any atom is 0.401 e. The summed E-state index contributed by atoms with van der Waals surface area (Å²) in [5, 5.41) is 0. The second kappa shape index (κ2) is 6.07. The molecule has 1 amide bonds. The summed E-state index contributed by atoms with van der Waals surface area (Å²) in [7, 11) is 0. The van der Waals surface area contributed by atoms with Gasteiger partial charge in [0, 0.05) is 0 Å². The van der Waals surface area contributed by atoms with E-state index in [0.717, 1.165) is 0 Å². The van der Waals surface area contributed by atoms with Gasteiger partial charge < -0.3 is 4.42 Å². The number of carbonyl (C=O) groups excluding carboxylic acids is 1. The van der Waals surface area contributed by atoms with Gasteiger partial charge in [-0.2, -0.15) is 13.2 Å². The van der Waals surface area contributed by atoms with Crippen molar-refractivity contribution in [3.63, 3.8) is 0 Å². The smallest absolute Gasteiger partial charge is 0.401 e. The Morgan fingerprint density at radius 1 is 1.53 bits per heavy atom. The minimum absolute atomic E-state index is 0.0191. The van der Waals surface area contributed by atoms with Crippen LogP contribution in [0.25, 0.3) is 0 Å². The summed E-state index contributed by atoms with van der Waals surface area (Å²) in [5.74, 6) is 5.07. The first kappa shape index (κ1) is 15.5. The number of rotatable bonds is 5. The molecule has 3 N–H and O–H groups in total. The number of halogens is 3. The number of aryl methyl sites for hydroxylation is 1. The lowest BCUT2D eigenvalue weighted by molar-refractivity contribution is -0.147. The minimum Gasteiger partial charge on any atom is -0.464 e. The summed E-state index contributed by atoms with van der Waals surface area (Å²) < 4.78 is 42.2. The van der Waals surface area contributed by atoms with Gasteiger partial charge >= 0.3 is 6.18 Å². The van der Waals surface area contributed by atoms with E-state index in [-0.39, 0.29) is 18.7 Å². The molecule has 19 heavy (non-hydrogen) atoms. The Balaban J connectivity index is 2.78. The van der Waals surface area contributed by atoms with Crippen LogP contribution in [-0.4, -0.2) is 30.1 Å². The molecule has 0 fully saturated rings. The molecule has 0 bridgehead atoms. The zero-order valence-electron chi connectivity index (χ0n) is 10.7. The molecule has 8 heteroatoms. The lowest BCUT2D eigenvalue weighted by atomic mass is 10.2. The zero-order chi connectivity index (χ0) is 14.6. The number of alkyl halides is 3. The monoisotopic (exact) mass is 279 g/mol. The van der Waals surface area contributed by atoms with E-state index in [0.29, 0.717) is 11.5 Å². The third-order valence-electron chi connectivity index (χ3n) is 2.57. The van der Waals surface area contributed by atoms with Crippen molar-refractivity contribution in [3.8, 4) is 0 Å². The largest absolute Gasteiger partial charge is 0.464 e. The summed E-state index contributed by atoms with van der Waals surface area (Å²) in [6, 6.07) is 1.40. The fraction of sp³-hybridized carbons (Fsp3) is 0.545. The molecule has 0 saturated heterocycles. The van der Waals surface area contributed by atoms with E-state index in [4.69, 9.17) is 10.3 Å². The van der Waals surface area contributed by atoms with Gasteiger partial charge in [-0.1, -0.05) is 6.92 Å². The number of nitrogen functional groups attached to an aromatic ring is 1. The lowest BCUT2D eigenvalue weighted by Gasteiger charge is -2.20. The van der Waals surface area contributed by atoms with Crippen LogP contribution in [-0.2, 0) is 6.54 Å². The summed E-state index contributed by atoms with van der Waals surface area (Å²) in [4.78, 5) is 12.5. The highest BCUT2D eigenvalue weighted by Gasteiger charge is 2.30. The first-order valence-corrected chi connectivity index (χ1v) is 5.66. The Hall–Kier alpha value is -1.54. The van der Waals surface area contributed by atoms with E-state index in [1.165, 1.54) is 11.0 Å². The van der Waals surface area contributed by atoms with Crippen molar-refractivity contribution in [2.24, 2.45) is 5.84 Å². The molecule has 0 aromatic carbocycles. The average molecular weight is 279 g/mol. The van der Waals surface area contributed by atoms with E-state index >= 15 is 0 Å². The normalized spacial score (nSPS) is 11.9. The van der Waals surface area contributed by atoms with Gasteiger partial charge in [-0.15, -0.1) is 0 Å². The van der Waals surface area contributed by atoms with Gasteiger partial charge in [0.15, 0.2) is 0 Å². The molecule has 1 rings (SSSR count). The van der Waals surface area contributed by atoms with Gasteiger partial charge in [0.2, 0.25) is 0 Å². The first-order chi connectivity index (χ1) is 8.76. The fourth-order valence-corrected chi connectivity index (χ4v) is 1.68. The number of furan rings is 1. The number of hydrogen-bond acceptors (Lipinski definition) is 4. The van der Waals surface area contributed by atoms with Crippen molar-refractivity contribution in [1.82, 2.24) is 10.3 Å². The highest BCUT2D eigenvalue weighted by molar-refractivity contribution is 5.94. The van der Waals surface area contributed by atoms with Gasteiger partial charge in [-0.25, -0.2) is 5.84 Å². The standard InChI is InChI=1S/C11H16F3N3O2/c1-3-17(6-11(12,13)14)5-8-4-9(7(2)19-8)10(18)16-15/h4H,3,5-6,15H2,1-2H3,(H,16,18). The minimum atomic E-state index is -4.27. The van der Waals surface area contributed by atoms with Gasteiger partial charge in [0.1, 0.15) is 11.5 Å². The van der Waals surface area contributed by atoms with Crippen molar-refractivity contribution in [1.29, 1.82) is 0 Å². The molecular formula is C11H16F3N3O2. The summed E-state index contributed by atoms with van der Waals surface area (Å²) in [6.07, 6.45) is -4.27. The van der Waals surface area contributed by atoms with Crippen LogP contribution in [0.3, 0.4) is 0 Å². The van der Waals surface area contributed by atoms with E-state index < -0.39 is 18.6 Å². The van der Waals surface area contributed by atoms with Crippen LogP contribution in [0.4, 0.5) is 13.2 Å². The lowest BCUT2D eigenvalue weighted by Crippen LogP contribution is -2.33. The maximum absolute atomic E-state index is 12.3. The third-order valence-corrected chi connectivity index (χ3v) is 2.57. The highest BCUT2D eigenvalue weighted by atomic mass is 19.4. The molecule has 1 heterocycles. The molecule has 1 aromatic heterocycles. The number of hydrogen-bond donors (Lipinski definition) is 2. The Bertz CT molecular complexity index is 443. The number of nitrogens with zero attached hydrogens (tertiary/aromatic N) is 1. The molecule has 0 spiro atoms. The van der Waals surface area contributed by atoms with E-state index in [2.05, 4.69) is 0 Å². The van der Waals surface area contributed by atoms with E-state index in [9.17, 15) is 18.0 Å². The molecule has 0 aliphatic rings. The summed E-state index contributed by atoms with van der Waals surface area (Å²) in [6.45, 7) is 2.34. The van der Waals surface area contributed by atoms with Crippen LogP contribution in [0.1, 0.15) is 28.8 Å². The average Bonchev–Trinajstić information content (AvgIpc) is 2.66. The Morgan fingerprint density at radius 2 is 2.16 bits per heavy atom. The van der Waals surface area contributed by atoms with E-state index in [1.807, 2.05) is 5.43 Å². The number of nitrogens with two attached hydrogens (primary N) is 1. The SMILES string of the molecule is CCN(Cc1cc(C(=O)NN)c(C)o1)CC(F)(F)F. The van der Waals surface area contributed by atoms with Crippen molar-refractivity contribution in [3.05, 3.63) is 23.2 Å². The van der Waals surface area contributed by atoms with Crippen molar-refractivity contribution >= 4 is 5.91 Å². The Morgan fingerprint density at radius 3 is 2.63 bits per heavy atom. The molecule has 0 radical (unpaired) electrons. The molecule has 108 valence electrons. The molecule has 0 saturated carbocycles. The van der Waals surface area contributed by atoms with Crippen LogP contribution in [0, 0.1) is 6.92 Å². The first-order valence-electron chi connectivity index (χ1n) is 5.66. The second-order valence-corrected chi connectivity index (χ2v) is 4.07. The highest BCUT2D eigenvalue weighted by Crippen LogP contribution is 2.20. The fourth-order valence-electron chi connectivity index (χ4n) is 1.68. The molecule has 0 atom stereocenters. The molecule has 0 aliphatic heterocycles. The Kier molecular flexibility index (Phi) is 4.96. The van der Waals surface area contributed by atoms with Gasteiger partial charge in [0.05, 0.1) is 18.7 Å². The van der Waals surface area contributed by atoms with Crippen molar-refractivity contribution < 1.29 is 22.4 Å². The van der Waals surface area contributed by atoms with Crippen LogP contribution in [0.15, 0.2) is 10.5 Å². The van der Waals surface area contributed by atoms with Crippen LogP contribution in [0.2, 0.25) is 0 Å². The number of hydrazine groups is 1. The van der Waals surface area contributed by atoms with Crippen LogP contribution < -0.4 is 11.3 Å².